The highest BCUT2D eigenvalue weighted by molar-refractivity contribution is 5.91. The lowest BCUT2D eigenvalue weighted by molar-refractivity contribution is 0.0734. The van der Waals surface area contributed by atoms with Gasteiger partial charge in [-0.15, -0.1) is 0 Å². The number of esters is 1. The molecule has 39 heavy (non-hydrogen) atoms. The molecule has 4 heteroatoms. The van der Waals surface area contributed by atoms with E-state index in [0.717, 1.165) is 44.7 Å². The third-order valence-corrected chi connectivity index (χ3v) is 8.09. The van der Waals surface area contributed by atoms with Gasteiger partial charge in [0.2, 0.25) is 0 Å². The summed E-state index contributed by atoms with van der Waals surface area (Å²) in [6.45, 7) is 6.10. The number of hydrogen-bond acceptors (Lipinski definition) is 4. The fourth-order valence-electron chi connectivity index (χ4n) is 5.79. The van der Waals surface area contributed by atoms with Gasteiger partial charge in [0.25, 0.3) is 0 Å². The molecule has 0 N–H and O–H groups in total. The van der Waals surface area contributed by atoms with Crippen molar-refractivity contribution in [3.63, 3.8) is 0 Å². The number of carbonyl (C=O) groups is 1. The number of nitrogens with zero attached hydrogens (tertiary/aromatic N) is 2. The molecule has 1 heterocycles. The molecule has 3 aromatic carbocycles. The summed E-state index contributed by atoms with van der Waals surface area (Å²) < 4.78 is 5.67. The van der Waals surface area contributed by atoms with E-state index in [-0.39, 0.29) is 11.5 Å². The second-order valence-corrected chi connectivity index (χ2v) is 10.6. The number of carbonyl (C=O) groups excluding carboxylic acids is 1. The van der Waals surface area contributed by atoms with E-state index in [1.54, 1.807) is 0 Å². The first-order chi connectivity index (χ1) is 19.2. The Morgan fingerprint density at radius 3 is 2.23 bits per heavy atom. The molecular formula is C35H40N2O2. The van der Waals surface area contributed by atoms with Crippen LogP contribution in [0.4, 0.5) is 5.69 Å². The zero-order valence-corrected chi connectivity index (χ0v) is 23.1. The average molecular weight is 521 g/mol. The minimum Gasteiger partial charge on any atom is -0.423 e. The van der Waals surface area contributed by atoms with Crippen LogP contribution in [0.2, 0.25) is 0 Å². The molecule has 5 rings (SSSR count). The summed E-state index contributed by atoms with van der Waals surface area (Å²) in [6, 6.07) is 26.7. The summed E-state index contributed by atoms with van der Waals surface area (Å²) in [7, 11) is 0. The van der Waals surface area contributed by atoms with E-state index in [0.29, 0.717) is 11.3 Å². The molecule has 1 fully saturated rings. The smallest absolute Gasteiger partial charge is 0.343 e. The van der Waals surface area contributed by atoms with Gasteiger partial charge in [0.15, 0.2) is 0 Å². The summed E-state index contributed by atoms with van der Waals surface area (Å²) in [5.74, 6) is 0.267. The van der Waals surface area contributed by atoms with Crippen LogP contribution in [0.1, 0.15) is 60.5 Å². The number of piperazine rings is 1. The molecule has 4 nitrogen and oxygen atoms in total. The van der Waals surface area contributed by atoms with Crippen LogP contribution in [0.25, 0.3) is 0 Å². The minimum absolute atomic E-state index is 0.0760. The van der Waals surface area contributed by atoms with E-state index in [2.05, 4.69) is 83.5 Å². The third-order valence-electron chi connectivity index (χ3n) is 8.09. The molecular weight excluding hydrogens is 480 g/mol. The fourth-order valence-corrected chi connectivity index (χ4v) is 5.79. The summed E-state index contributed by atoms with van der Waals surface area (Å²) in [6.07, 6.45) is 16.0. The normalized spacial score (nSPS) is 19.3. The van der Waals surface area contributed by atoms with E-state index in [1.807, 2.05) is 36.4 Å². The number of allylic oxidation sites excluding steroid dienone is 2. The number of unbranched alkanes of at least 4 members (excludes halogenated alkanes) is 3. The second-order valence-electron chi connectivity index (χ2n) is 10.6. The standard InChI is InChI=1S/C35H40N2O2/c1-2-3-4-7-12-29-15-17-30(18-16-29)34(38)39-33-21-19-32(20-22-33)36-25-27-37(28-26-36)35(23-10-6-11-24-35)31-13-8-5-9-14-31/h5-6,8-11,13-23H,2-4,7,12,24-28H2,1H3. The van der Waals surface area contributed by atoms with Crippen LogP contribution in [0, 0.1) is 0 Å². The lowest BCUT2D eigenvalue weighted by Gasteiger charge is -2.47. The Morgan fingerprint density at radius 2 is 1.56 bits per heavy atom. The molecule has 0 aromatic heterocycles. The molecule has 1 unspecified atom stereocenters. The van der Waals surface area contributed by atoms with Crippen molar-refractivity contribution in [3.05, 3.63) is 120 Å². The lowest BCUT2D eigenvalue weighted by atomic mass is 9.81. The molecule has 1 saturated heterocycles. The maximum atomic E-state index is 12.7. The van der Waals surface area contributed by atoms with Gasteiger partial charge in [0.05, 0.1) is 11.1 Å². The molecule has 1 atom stereocenters. The fraction of sp³-hybridized carbons (Fsp3) is 0.343. The van der Waals surface area contributed by atoms with Gasteiger partial charge in [-0.05, 0) is 66.8 Å². The first-order valence-electron chi connectivity index (χ1n) is 14.5. The molecule has 2 aliphatic rings. The van der Waals surface area contributed by atoms with E-state index in [1.165, 1.54) is 36.8 Å². The zero-order valence-electron chi connectivity index (χ0n) is 23.1. The first-order valence-corrected chi connectivity index (χ1v) is 14.5. The van der Waals surface area contributed by atoms with Gasteiger partial charge in [-0.2, -0.15) is 0 Å². The molecule has 0 spiro atoms. The Kier molecular flexibility index (Phi) is 8.95. The highest BCUT2D eigenvalue weighted by Crippen LogP contribution is 2.37. The van der Waals surface area contributed by atoms with Crippen LogP contribution >= 0.6 is 0 Å². The first kappa shape index (κ1) is 27.0. The molecule has 0 radical (unpaired) electrons. The van der Waals surface area contributed by atoms with Crippen molar-refractivity contribution < 1.29 is 9.53 Å². The average Bonchev–Trinajstić information content (AvgIpc) is 3.01. The SMILES string of the molecule is CCCCCCc1ccc(C(=O)Oc2ccc(N3CCN(C4(c5ccccc5)C=CC=CC4)CC3)cc2)cc1. The molecule has 3 aromatic rings. The highest BCUT2D eigenvalue weighted by Gasteiger charge is 2.37. The quantitative estimate of drug-likeness (QED) is 0.157. The van der Waals surface area contributed by atoms with Crippen LogP contribution in [0.15, 0.2) is 103 Å². The summed E-state index contributed by atoms with van der Waals surface area (Å²) in [5, 5.41) is 0. The maximum Gasteiger partial charge on any atom is 0.343 e. The minimum atomic E-state index is -0.310. The van der Waals surface area contributed by atoms with Crippen LogP contribution in [-0.4, -0.2) is 37.0 Å². The van der Waals surface area contributed by atoms with Crippen LogP contribution in [0.3, 0.4) is 0 Å². The summed E-state index contributed by atoms with van der Waals surface area (Å²) in [5.41, 5.74) is 4.30. The van der Waals surface area contributed by atoms with E-state index >= 15 is 0 Å². The Balaban J connectivity index is 1.15. The molecule has 1 aliphatic carbocycles. The third kappa shape index (κ3) is 6.51. The topological polar surface area (TPSA) is 32.8 Å². The predicted octanol–water partition coefficient (Wildman–Crippen LogP) is 7.56. The largest absolute Gasteiger partial charge is 0.423 e. The predicted molar refractivity (Wildman–Crippen MR) is 160 cm³/mol. The Labute approximate surface area is 233 Å². The summed E-state index contributed by atoms with van der Waals surface area (Å²) >= 11 is 0. The number of benzene rings is 3. The Hall–Kier alpha value is -3.63. The van der Waals surface area contributed by atoms with Crippen molar-refractivity contribution in [3.8, 4) is 5.75 Å². The van der Waals surface area contributed by atoms with Gasteiger partial charge in [-0.1, -0.05) is 93.0 Å². The number of hydrogen-bond donors (Lipinski definition) is 0. The van der Waals surface area contributed by atoms with Gasteiger partial charge in [0.1, 0.15) is 5.75 Å². The van der Waals surface area contributed by atoms with Gasteiger partial charge < -0.3 is 9.64 Å². The Morgan fingerprint density at radius 1 is 0.821 bits per heavy atom. The maximum absolute atomic E-state index is 12.7. The zero-order chi connectivity index (χ0) is 26.9. The van der Waals surface area contributed by atoms with E-state index < -0.39 is 0 Å². The molecule has 0 saturated carbocycles. The number of rotatable bonds is 10. The number of aryl methyl sites for hydroxylation is 1. The van der Waals surface area contributed by atoms with Crippen LogP contribution in [0.5, 0.6) is 5.75 Å². The lowest BCUT2D eigenvalue weighted by Crippen LogP contribution is -2.55. The monoisotopic (exact) mass is 520 g/mol. The van der Waals surface area contributed by atoms with Gasteiger partial charge in [0, 0.05) is 31.9 Å². The van der Waals surface area contributed by atoms with E-state index in [9.17, 15) is 4.79 Å². The van der Waals surface area contributed by atoms with Crippen molar-refractivity contribution in [2.45, 2.75) is 51.0 Å². The van der Waals surface area contributed by atoms with Crippen molar-refractivity contribution in [1.29, 1.82) is 0 Å². The van der Waals surface area contributed by atoms with Gasteiger partial charge >= 0.3 is 5.97 Å². The summed E-state index contributed by atoms with van der Waals surface area (Å²) in [4.78, 5) is 17.7. The van der Waals surface area contributed by atoms with E-state index in [4.69, 9.17) is 4.74 Å². The molecule has 202 valence electrons. The van der Waals surface area contributed by atoms with Crippen molar-refractivity contribution in [2.24, 2.45) is 0 Å². The highest BCUT2D eigenvalue weighted by atomic mass is 16.5. The van der Waals surface area contributed by atoms with Crippen LogP contribution < -0.4 is 9.64 Å². The van der Waals surface area contributed by atoms with Gasteiger partial charge in [-0.25, -0.2) is 4.79 Å². The Bertz CT molecular complexity index is 1260. The molecule has 0 bridgehead atoms. The molecule has 0 amide bonds. The van der Waals surface area contributed by atoms with Crippen molar-refractivity contribution in [2.75, 3.05) is 31.1 Å². The van der Waals surface area contributed by atoms with Crippen LogP contribution in [-0.2, 0) is 12.0 Å². The molecule has 1 aliphatic heterocycles. The van der Waals surface area contributed by atoms with Crippen molar-refractivity contribution in [1.82, 2.24) is 4.90 Å². The van der Waals surface area contributed by atoms with Gasteiger partial charge in [-0.3, -0.25) is 4.90 Å². The number of anilines is 1. The van der Waals surface area contributed by atoms with Crippen molar-refractivity contribution >= 4 is 11.7 Å². The second kappa shape index (κ2) is 12.9. The number of ether oxygens (including phenoxy) is 1.